The number of rotatable bonds is 9. The summed E-state index contributed by atoms with van der Waals surface area (Å²) in [5.74, 6) is 0. The van der Waals surface area contributed by atoms with Crippen LogP contribution in [0.15, 0.2) is 18.2 Å². The number of aryl methyl sites for hydroxylation is 2. The van der Waals surface area contributed by atoms with E-state index in [4.69, 9.17) is 0 Å². The molecule has 0 saturated heterocycles. The fourth-order valence-corrected chi connectivity index (χ4v) is 3.31. The molecule has 1 atom stereocenters. The van der Waals surface area contributed by atoms with Crippen molar-refractivity contribution in [1.82, 2.24) is 0 Å². The van der Waals surface area contributed by atoms with Gasteiger partial charge in [0, 0.05) is 4.83 Å². The Balaban J connectivity index is 2.56. The number of hydrogen-bond acceptors (Lipinski definition) is 0. The van der Waals surface area contributed by atoms with Crippen LogP contribution in [0.2, 0.25) is 0 Å². The van der Waals surface area contributed by atoms with Crippen molar-refractivity contribution in [3.8, 4) is 0 Å². The van der Waals surface area contributed by atoms with E-state index in [1.54, 1.807) is 0 Å². The van der Waals surface area contributed by atoms with Gasteiger partial charge in [-0.15, -0.1) is 0 Å². The standard InChI is InChI=1S/C18H29Br/c1-4-7-8-9-10-11-18(19)17-14-15(5-2)12-13-16(17)6-3/h12-14,18H,4-11H2,1-3H3. The van der Waals surface area contributed by atoms with Gasteiger partial charge in [0.2, 0.25) is 0 Å². The molecule has 0 N–H and O–H groups in total. The first-order chi connectivity index (χ1) is 9.22. The summed E-state index contributed by atoms with van der Waals surface area (Å²) >= 11 is 3.91. The van der Waals surface area contributed by atoms with Crippen molar-refractivity contribution in [3.05, 3.63) is 34.9 Å². The molecule has 1 unspecified atom stereocenters. The summed E-state index contributed by atoms with van der Waals surface area (Å²) < 4.78 is 0. The molecule has 0 saturated carbocycles. The van der Waals surface area contributed by atoms with Gasteiger partial charge in [-0.25, -0.2) is 0 Å². The van der Waals surface area contributed by atoms with Crippen LogP contribution in [-0.4, -0.2) is 0 Å². The largest absolute Gasteiger partial charge is 0.0839 e. The van der Waals surface area contributed by atoms with Crippen molar-refractivity contribution in [2.75, 3.05) is 0 Å². The Hall–Kier alpha value is -0.300. The molecule has 0 nitrogen and oxygen atoms in total. The summed E-state index contributed by atoms with van der Waals surface area (Å²) in [6.45, 7) is 6.77. The molecule has 1 heteroatoms. The van der Waals surface area contributed by atoms with E-state index in [2.05, 4.69) is 54.9 Å². The predicted molar refractivity (Wildman–Crippen MR) is 90.2 cm³/mol. The lowest BCUT2D eigenvalue weighted by Gasteiger charge is -2.16. The Kier molecular flexibility index (Phi) is 8.45. The van der Waals surface area contributed by atoms with Crippen molar-refractivity contribution in [2.45, 2.75) is 77.0 Å². The van der Waals surface area contributed by atoms with Crippen LogP contribution in [0.3, 0.4) is 0 Å². The minimum Gasteiger partial charge on any atom is -0.0839 e. The lowest BCUT2D eigenvalue weighted by atomic mass is 9.96. The second-order valence-corrected chi connectivity index (χ2v) is 6.52. The second kappa shape index (κ2) is 9.58. The maximum atomic E-state index is 3.91. The van der Waals surface area contributed by atoms with E-state index in [0.717, 1.165) is 12.8 Å². The third kappa shape index (κ3) is 5.69. The SMILES string of the molecule is CCCCCCCC(Br)c1cc(CC)ccc1CC. The molecule has 1 rings (SSSR count). The average Bonchev–Trinajstić information content (AvgIpc) is 2.46. The van der Waals surface area contributed by atoms with Crippen molar-refractivity contribution in [1.29, 1.82) is 0 Å². The summed E-state index contributed by atoms with van der Waals surface area (Å²) in [6.07, 6.45) is 10.4. The molecule has 0 spiro atoms. The summed E-state index contributed by atoms with van der Waals surface area (Å²) in [5.41, 5.74) is 4.49. The van der Waals surface area contributed by atoms with Crippen LogP contribution in [0.1, 0.15) is 80.8 Å². The summed E-state index contributed by atoms with van der Waals surface area (Å²) in [7, 11) is 0. The minimum atomic E-state index is 0.538. The Morgan fingerprint density at radius 1 is 0.947 bits per heavy atom. The molecule has 0 radical (unpaired) electrons. The maximum Gasteiger partial charge on any atom is 0.0398 e. The van der Waals surface area contributed by atoms with Crippen LogP contribution in [0.25, 0.3) is 0 Å². The average molecular weight is 325 g/mol. The highest BCUT2D eigenvalue weighted by molar-refractivity contribution is 9.09. The number of hydrogen-bond donors (Lipinski definition) is 0. The third-order valence-electron chi connectivity index (χ3n) is 3.90. The van der Waals surface area contributed by atoms with Crippen LogP contribution in [-0.2, 0) is 12.8 Å². The normalized spacial score (nSPS) is 12.6. The molecule has 0 fully saturated rings. The van der Waals surface area contributed by atoms with Gasteiger partial charge in [0.15, 0.2) is 0 Å². The van der Waals surface area contributed by atoms with Gasteiger partial charge in [-0.3, -0.25) is 0 Å². The number of benzene rings is 1. The molecular weight excluding hydrogens is 296 g/mol. The first-order valence-corrected chi connectivity index (χ1v) is 8.90. The smallest absolute Gasteiger partial charge is 0.0398 e. The van der Waals surface area contributed by atoms with Gasteiger partial charge >= 0.3 is 0 Å². The zero-order chi connectivity index (χ0) is 14.1. The first kappa shape index (κ1) is 16.8. The van der Waals surface area contributed by atoms with Crippen molar-refractivity contribution in [3.63, 3.8) is 0 Å². The van der Waals surface area contributed by atoms with Gasteiger partial charge in [-0.1, -0.05) is 87.0 Å². The van der Waals surface area contributed by atoms with Crippen molar-refractivity contribution in [2.24, 2.45) is 0 Å². The van der Waals surface area contributed by atoms with Gasteiger partial charge in [0.25, 0.3) is 0 Å². The lowest BCUT2D eigenvalue weighted by molar-refractivity contribution is 0.605. The van der Waals surface area contributed by atoms with E-state index in [1.807, 2.05) is 0 Å². The molecular formula is C18H29Br. The Bertz CT molecular complexity index is 357. The number of halogens is 1. The molecule has 0 aromatic heterocycles. The highest BCUT2D eigenvalue weighted by Crippen LogP contribution is 2.32. The highest BCUT2D eigenvalue weighted by Gasteiger charge is 2.11. The van der Waals surface area contributed by atoms with Crippen LogP contribution in [0.4, 0.5) is 0 Å². The van der Waals surface area contributed by atoms with E-state index < -0.39 is 0 Å². The molecule has 0 heterocycles. The molecule has 0 aliphatic heterocycles. The van der Waals surface area contributed by atoms with Gasteiger partial charge in [-0.2, -0.15) is 0 Å². The third-order valence-corrected chi connectivity index (χ3v) is 4.85. The van der Waals surface area contributed by atoms with Crippen LogP contribution in [0.5, 0.6) is 0 Å². The predicted octanol–water partition coefficient (Wildman–Crippen LogP) is 6.61. The molecule has 0 amide bonds. The fourth-order valence-electron chi connectivity index (χ4n) is 2.56. The monoisotopic (exact) mass is 324 g/mol. The zero-order valence-corrected chi connectivity index (χ0v) is 14.4. The lowest BCUT2D eigenvalue weighted by Crippen LogP contribution is -1.98. The quantitative estimate of drug-likeness (QED) is 0.354. The minimum absolute atomic E-state index is 0.538. The Labute approximate surface area is 128 Å². The summed E-state index contributed by atoms with van der Waals surface area (Å²) in [6, 6.07) is 7.01. The first-order valence-electron chi connectivity index (χ1n) is 7.98. The Morgan fingerprint density at radius 2 is 1.68 bits per heavy atom. The van der Waals surface area contributed by atoms with E-state index in [0.29, 0.717) is 4.83 Å². The maximum absolute atomic E-state index is 3.91. The molecule has 108 valence electrons. The van der Waals surface area contributed by atoms with Crippen molar-refractivity contribution >= 4 is 15.9 Å². The van der Waals surface area contributed by atoms with E-state index in [1.165, 1.54) is 55.2 Å². The van der Waals surface area contributed by atoms with E-state index in [9.17, 15) is 0 Å². The summed E-state index contributed by atoms with van der Waals surface area (Å²) in [5, 5.41) is 0. The van der Waals surface area contributed by atoms with Gasteiger partial charge in [0.1, 0.15) is 0 Å². The molecule has 0 aliphatic rings. The molecule has 19 heavy (non-hydrogen) atoms. The van der Waals surface area contributed by atoms with Gasteiger partial charge in [-0.05, 0) is 36.0 Å². The van der Waals surface area contributed by atoms with Crippen LogP contribution in [0, 0.1) is 0 Å². The fraction of sp³-hybridized carbons (Fsp3) is 0.667. The van der Waals surface area contributed by atoms with E-state index in [-0.39, 0.29) is 0 Å². The highest BCUT2D eigenvalue weighted by atomic mass is 79.9. The van der Waals surface area contributed by atoms with Crippen LogP contribution < -0.4 is 0 Å². The van der Waals surface area contributed by atoms with Crippen LogP contribution >= 0.6 is 15.9 Å². The molecule has 1 aromatic rings. The number of unbranched alkanes of at least 4 members (excludes halogenated alkanes) is 4. The molecule has 0 aliphatic carbocycles. The second-order valence-electron chi connectivity index (χ2n) is 5.41. The molecule has 0 bridgehead atoms. The van der Waals surface area contributed by atoms with E-state index >= 15 is 0 Å². The van der Waals surface area contributed by atoms with Gasteiger partial charge in [0.05, 0.1) is 0 Å². The zero-order valence-electron chi connectivity index (χ0n) is 12.8. The topological polar surface area (TPSA) is 0 Å². The molecule has 1 aromatic carbocycles. The van der Waals surface area contributed by atoms with Gasteiger partial charge < -0.3 is 0 Å². The summed E-state index contributed by atoms with van der Waals surface area (Å²) in [4.78, 5) is 0.538. The van der Waals surface area contributed by atoms with Crippen molar-refractivity contribution < 1.29 is 0 Å². The Morgan fingerprint density at radius 3 is 2.32 bits per heavy atom. The number of alkyl halides is 1.